The van der Waals surface area contributed by atoms with E-state index in [0.29, 0.717) is 32.8 Å². The number of carbonyl (C=O) groups excluding carboxylic acids is 3. The molecule has 0 aromatic heterocycles. The average Bonchev–Trinajstić information content (AvgIpc) is 3.04. The molecule has 1 heterocycles. The van der Waals surface area contributed by atoms with Gasteiger partial charge in [-0.1, -0.05) is 30.1 Å². The van der Waals surface area contributed by atoms with E-state index in [-0.39, 0.29) is 11.8 Å². The molecule has 2 aromatic rings. The molecule has 2 aromatic carbocycles. The first kappa shape index (κ1) is 24.4. The summed E-state index contributed by atoms with van der Waals surface area (Å²) in [4.78, 5) is 38.2. The fourth-order valence-corrected chi connectivity index (χ4v) is 3.37. The lowest BCUT2D eigenvalue weighted by Gasteiger charge is -2.17. The number of urea groups is 1. The van der Waals surface area contributed by atoms with Crippen LogP contribution in [-0.2, 0) is 9.59 Å². The van der Waals surface area contributed by atoms with Crippen LogP contribution in [0.15, 0.2) is 42.1 Å². The molecule has 0 radical (unpaired) electrons. The van der Waals surface area contributed by atoms with Crippen LogP contribution in [0.3, 0.4) is 0 Å². The summed E-state index contributed by atoms with van der Waals surface area (Å²) in [5.41, 5.74) is 1.02. The van der Waals surface area contributed by atoms with Gasteiger partial charge >= 0.3 is 6.03 Å². The first-order valence-corrected chi connectivity index (χ1v) is 10.9. The molecule has 1 atom stereocenters. The molecule has 2 N–H and O–H groups in total. The minimum absolute atomic E-state index is 0.00741. The third-order valence-corrected chi connectivity index (χ3v) is 5.38. The van der Waals surface area contributed by atoms with Crippen molar-refractivity contribution in [3.05, 3.63) is 57.7 Å². The van der Waals surface area contributed by atoms with Gasteiger partial charge in [0.15, 0.2) is 11.5 Å². The second-order valence-electron chi connectivity index (χ2n) is 7.31. The van der Waals surface area contributed by atoms with Crippen molar-refractivity contribution in [2.45, 2.75) is 26.4 Å². The largest absolute Gasteiger partial charge is 0.493 e. The van der Waals surface area contributed by atoms with Crippen molar-refractivity contribution in [3.63, 3.8) is 0 Å². The summed E-state index contributed by atoms with van der Waals surface area (Å²) < 4.78 is 11.2. The first-order chi connectivity index (χ1) is 15.7. The Labute approximate surface area is 201 Å². The van der Waals surface area contributed by atoms with Gasteiger partial charge in [0.1, 0.15) is 12.2 Å². The van der Waals surface area contributed by atoms with E-state index in [9.17, 15) is 14.4 Å². The number of benzene rings is 2. The Hall–Kier alpha value is -3.23. The number of halogens is 2. The zero-order valence-electron chi connectivity index (χ0n) is 18.3. The molecular formula is C23H23Cl2N3O5. The first-order valence-electron chi connectivity index (χ1n) is 10.2. The van der Waals surface area contributed by atoms with Gasteiger partial charge in [0.05, 0.1) is 18.2 Å². The number of amides is 4. The van der Waals surface area contributed by atoms with Gasteiger partial charge in [-0.2, -0.15) is 0 Å². The molecule has 3 rings (SSSR count). The number of methoxy groups -OCH3 is 1. The maximum absolute atomic E-state index is 12.7. The van der Waals surface area contributed by atoms with E-state index in [0.717, 1.165) is 11.3 Å². The fourth-order valence-electron chi connectivity index (χ4n) is 2.98. The molecule has 0 bridgehead atoms. The molecule has 1 fully saturated rings. The summed E-state index contributed by atoms with van der Waals surface area (Å²) >= 11 is 12.2. The molecule has 1 aliphatic heterocycles. The summed E-state index contributed by atoms with van der Waals surface area (Å²) in [6.45, 7) is 3.45. The Morgan fingerprint density at radius 3 is 2.55 bits per heavy atom. The highest BCUT2D eigenvalue weighted by Crippen LogP contribution is 2.38. The quantitative estimate of drug-likeness (QED) is 0.411. The lowest BCUT2D eigenvalue weighted by atomic mass is 10.1. The molecule has 0 saturated carbocycles. The Morgan fingerprint density at radius 2 is 1.91 bits per heavy atom. The van der Waals surface area contributed by atoms with Crippen LogP contribution in [0, 0.1) is 0 Å². The molecule has 33 heavy (non-hydrogen) atoms. The number of imide groups is 1. The number of nitrogens with zero attached hydrogens (tertiary/aromatic N) is 1. The Bertz CT molecular complexity index is 1100. The Kier molecular flexibility index (Phi) is 7.84. The van der Waals surface area contributed by atoms with Crippen LogP contribution < -0.4 is 20.1 Å². The highest BCUT2D eigenvalue weighted by atomic mass is 35.5. The SMILES string of the molecule is CC[C@H](C)Oc1c(Cl)cc(/C=C2\NC(=O)N(CC(=O)Nc3ccc(Cl)cc3)C2=O)cc1OC. The van der Waals surface area contributed by atoms with Gasteiger partial charge in [-0.15, -0.1) is 0 Å². The van der Waals surface area contributed by atoms with Gasteiger partial charge in [-0.3, -0.25) is 9.59 Å². The van der Waals surface area contributed by atoms with Crippen molar-refractivity contribution in [1.82, 2.24) is 10.2 Å². The number of hydrogen-bond donors (Lipinski definition) is 2. The number of carbonyl (C=O) groups is 3. The van der Waals surface area contributed by atoms with Crippen LogP contribution in [-0.4, -0.2) is 42.5 Å². The monoisotopic (exact) mass is 491 g/mol. The van der Waals surface area contributed by atoms with E-state index >= 15 is 0 Å². The predicted molar refractivity (Wildman–Crippen MR) is 127 cm³/mol. The molecule has 8 nitrogen and oxygen atoms in total. The molecule has 0 unspecified atom stereocenters. The molecule has 0 aliphatic carbocycles. The second-order valence-corrected chi connectivity index (χ2v) is 8.15. The van der Waals surface area contributed by atoms with Crippen molar-refractivity contribution in [1.29, 1.82) is 0 Å². The molecule has 1 saturated heterocycles. The van der Waals surface area contributed by atoms with E-state index in [1.165, 1.54) is 13.2 Å². The molecular weight excluding hydrogens is 469 g/mol. The highest BCUT2D eigenvalue weighted by molar-refractivity contribution is 6.32. The van der Waals surface area contributed by atoms with Crippen molar-refractivity contribution in [2.75, 3.05) is 19.0 Å². The smallest absolute Gasteiger partial charge is 0.329 e. The zero-order valence-corrected chi connectivity index (χ0v) is 19.8. The minimum Gasteiger partial charge on any atom is -0.493 e. The van der Waals surface area contributed by atoms with Gasteiger partial charge in [-0.05, 0) is 61.4 Å². The lowest BCUT2D eigenvalue weighted by Crippen LogP contribution is -2.38. The molecule has 174 valence electrons. The van der Waals surface area contributed by atoms with Crippen molar-refractivity contribution >= 4 is 52.8 Å². The molecule has 4 amide bonds. The maximum atomic E-state index is 12.7. The third-order valence-electron chi connectivity index (χ3n) is 4.85. The number of rotatable bonds is 8. The van der Waals surface area contributed by atoms with E-state index in [1.807, 2.05) is 13.8 Å². The van der Waals surface area contributed by atoms with Crippen LogP contribution in [0.5, 0.6) is 11.5 Å². The molecule has 1 aliphatic rings. The van der Waals surface area contributed by atoms with Gasteiger partial charge in [0, 0.05) is 10.7 Å². The minimum atomic E-state index is -0.702. The van der Waals surface area contributed by atoms with Crippen LogP contribution >= 0.6 is 23.2 Å². The van der Waals surface area contributed by atoms with Crippen molar-refractivity contribution < 1.29 is 23.9 Å². The molecule has 0 spiro atoms. The number of anilines is 1. The van der Waals surface area contributed by atoms with E-state index in [4.69, 9.17) is 32.7 Å². The standard InChI is InChI=1S/C23H23Cl2N3O5/c1-4-13(2)33-21-17(25)9-14(11-19(21)32-3)10-18-22(30)28(23(31)27-18)12-20(29)26-16-7-5-15(24)6-8-16/h5-11,13H,4,12H2,1-3H3,(H,26,29)(H,27,31)/b18-10-/t13-/m0/s1. The fraction of sp³-hybridized carbons (Fsp3) is 0.261. The maximum Gasteiger partial charge on any atom is 0.329 e. The lowest BCUT2D eigenvalue weighted by molar-refractivity contribution is -0.127. The van der Waals surface area contributed by atoms with E-state index < -0.39 is 24.4 Å². The third kappa shape index (κ3) is 5.97. The summed E-state index contributed by atoms with van der Waals surface area (Å²) in [5, 5.41) is 5.91. The van der Waals surface area contributed by atoms with Gasteiger partial charge in [0.2, 0.25) is 5.91 Å². The normalized spacial score (nSPS) is 15.4. The van der Waals surface area contributed by atoms with Crippen LogP contribution in [0.25, 0.3) is 6.08 Å². The molecule has 10 heteroatoms. The van der Waals surface area contributed by atoms with Crippen LogP contribution in [0.1, 0.15) is 25.8 Å². The van der Waals surface area contributed by atoms with Gasteiger partial charge in [0.25, 0.3) is 5.91 Å². The highest BCUT2D eigenvalue weighted by Gasteiger charge is 2.35. The summed E-state index contributed by atoms with van der Waals surface area (Å²) in [6, 6.07) is 9.00. The second kappa shape index (κ2) is 10.6. The number of nitrogens with one attached hydrogen (secondary N) is 2. The van der Waals surface area contributed by atoms with Crippen molar-refractivity contribution in [3.8, 4) is 11.5 Å². The van der Waals surface area contributed by atoms with E-state index in [1.54, 1.807) is 36.4 Å². The zero-order chi connectivity index (χ0) is 24.1. The average molecular weight is 492 g/mol. The van der Waals surface area contributed by atoms with Gasteiger partial charge < -0.3 is 20.1 Å². The van der Waals surface area contributed by atoms with Crippen molar-refractivity contribution in [2.24, 2.45) is 0 Å². The predicted octanol–water partition coefficient (Wildman–Crippen LogP) is 4.71. The summed E-state index contributed by atoms with van der Waals surface area (Å²) in [6.07, 6.45) is 2.18. The van der Waals surface area contributed by atoms with Crippen LogP contribution in [0.2, 0.25) is 10.0 Å². The van der Waals surface area contributed by atoms with E-state index in [2.05, 4.69) is 10.6 Å². The van der Waals surface area contributed by atoms with Gasteiger partial charge in [-0.25, -0.2) is 9.69 Å². The van der Waals surface area contributed by atoms with Crippen LogP contribution in [0.4, 0.5) is 10.5 Å². The number of hydrogen-bond acceptors (Lipinski definition) is 5. The Morgan fingerprint density at radius 1 is 1.21 bits per heavy atom. The summed E-state index contributed by atoms with van der Waals surface area (Å²) in [7, 11) is 1.48. The number of ether oxygens (including phenoxy) is 2. The summed E-state index contributed by atoms with van der Waals surface area (Å²) in [5.74, 6) is -0.372. The Balaban J connectivity index is 1.75. The topological polar surface area (TPSA) is 97.0 Å².